The third-order valence-electron chi connectivity index (χ3n) is 4.88. The predicted molar refractivity (Wildman–Crippen MR) is 121 cm³/mol. The first-order valence-corrected chi connectivity index (χ1v) is 14.2. The van der Waals surface area contributed by atoms with Crippen LogP contribution in [0.4, 0.5) is 26.3 Å². The van der Waals surface area contributed by atoms with Gasteiger partial charge in [0.05, 0.1) is 14.2 Å². The van der Waals surface area contributed by atoms with Crippen LogP contribution < -0.4 is 4.43 Å². The Labute approximate surface area is 206 Å². The molecule has 0 spiro atoms. The van der Waals surface area contributed by atoms with Crippen molar-refractivity contribution in [3.63, 3.8) is 0 Å². The van der Waals surface area contributed by atoms with Crippen LogP contribution in [0.3, 0.4) is 0 Å². The summed E-state index contributed by atoms with van der Waals surface area (Å²) in [6.07, 6.45) is -9.07. The summed E-state index contributed by atoms with van der Waals surface area (Å²) in [5.41, 5.74) is 0. The van der Waals surface area contributed by atoms with Crippen LogP contribution in [-0.4, -0.2) is 39.6 Å². The highest BCUT2D eigenvalue weighted by Crippen LogP contribution is 2.44. The molecular weight excluding hydrogens is 542 g/mol. The smallest absolute Gasteiger partial charge is 0.425 e. The molecule has 2 heterocycles. The molecular formula is C20H24F6O6S2Si. The van der Waals surface area contributed by atoms with E-state index in [9.17, 15) is 35.9 Å². The number of methoxy groups -OCH3 is 2. The van der Waals surface area contributed by atoms with Crippen molar-refractivity contribution in [2.75, 3.05) is 14.2 Å². The number of carbonyl (C=O) groups excluding carboxylic acids is 2. The summed E-state index contributed by atoms with van der Waals surface area (Å²) in [5.74, 6) is -2.55. The second kappa shape index (κ2) is 10.8. The summed E-state index contributed by atoms with van der Waals surface area (Å²) in [4.78, 5) is 20.0. The minimum Gasteiger partial charge on any atom is -0.542 e. The van der Waals surface area contributed by atoms with Gasteiger partial charge in [0.25, 0.3) is 8.32 Å². The van der Waals surface area contributed by atoms with Gasteiger partial charge >= 0.3 is 24.3 Å². The van der Waals surface area contributed by atoms with E-state index in [2.05, 4.69) is 9.47 Å². The van der Waals surface area contributed by atoms with Crippen molar-refractivity contribution < 1.29 is 54.9 Å². The molecule has 0 bridgehead atoms. The molecule has 2 aromatic heterocycles. The third kappa shape index (κ3) is 7.86. The normalized spacial score (nSPS) is 12.5. The maximum absolute atomic E-state index is 12.8. The summed E-state index contributed by atoms with van der Waals surface area (Å²) in [6.45, 7) is 9.70. The van der Waals surface area contributed by atoms with Crippen LogP contribution in [0.2, 0.25) is 18.1 Å². The van der Waals surface area contributed by atoms with Crippen molar-refractivity contribution in [2.24, 2.45) is 0 Å². The lowest BCUT2D eigenvalue weighted by molar-refractivity contribution is -0.135. The number of hydrogen-bond donors (Lipinski definition) is 1. The van der Waals surface area contributed by atoms with Crippen molar-refractivity contribution in [1.29, 1.82) is 0 Å². The molecule has 0 saturated carbocycles. The van der Waals surface area contributed by atoms with Gasteiger partial charge in [0.1, 0.15) is 21.3 Å². The number of hydrogen-bond acceptors (Lipinski definition) is 8. The lowest BCUT2D eigenvalue weighted by Gasteiger charge is -2.36. The molecule has 0 unspecified atom stereocenters. The highest BCUT2D eigenvalue weighted by atomic mass is 32.1. The van der Waals surface area contributed by atoms with Crippen molar-refractivity contribution >= 4 is 42.9 Å². The van der Waals surface area contributed by atoms with E-state index in [-0.39, 0.29) is 27.0 Å². The van der Waals surface area contributed by atoms with E-state index in [1.54, 1.807) is 0 Å². The molecule has 0 aliphatic heterocycles. The summed E-state index contributed by atoms with van der Waals surface area (Å²) < 4.78 is 89.4. The number of ether oxygens (including phenoxy) is 2. The molecule has 0 aliphatic carbocycles. The van der Waals surface area contributed by atoms with E-state index in [1.807, 2.05) is 33.9 Å². The van der Waals surface area contributed by atoms with Crippen LogP contribution in [0.25, 0.3) is 0 Å². The zero-order valence-corrected chi connectivity index (χ0v) is 22.4. The first-order chi connectivity index (χ1) is 15.7. The maximum Gasteiger partial charge on any atom is 0.425 e. The minimum absolute atomic E-state index is 0.0363. The van der Waals surface area contributed by atoms with E-state index >= 15 is 0 Å². The van der Waals surface area contributed by atoms with Gasteiger partial charge in [0, 0.05) is 12.1 Å². The molecule has 198 valence electrons. The standard InChI is InChI=1S/C13H19F3O3SSi.C7H5F3O3S/c1-12(2,3)21(5,6)19-8-7-9(13(14,15)16)20-10(8)11(17)18-4;1-13-6(12)5-3(11)2-4(14-5)7(8,9)10/h7H,1-6H3;2,11H,1H3. The second-order valence-corrected chi connectivity index (χ2v) is 15.3. The molecule has 6 nitrogen and oxygen atoms in total. The molecule has 0 aliphatic rings. The fourth-order valence-corrected chi connectivity index (χ4v) is 4.81. The summed E-state index contributed by atoms with van der Waals surface area (Å²) in [5, 5.41) is 8.81. The molecule has 0 saturated heterocycles. The van der Waals surface area contributed by atoms with E-state index < -0.39 is 53.0 Å². The largest absolute Gasteiger partial charge is 0.542 e. The number of carbonyl (C=O) groups is 2. The second-order valence-electron chi connectivity index (χ2n) is 8.47. The predicted octanol–water partition coefficient (Wildman–Crippen LogP) is 7.20. The molecule has 0 radical (unpaired) electrons. The van der Waals surface area contributed by atoms with Crippen LogP contribution in [-0.2, 0) is 21.8 Å². The van der Waals surface area contributed by atoms with Gasteiger partial charge in [0.15, 0.2) is 9.75 Å². The van der Waals surface area contributed by atoms with Gasteiger partial charge in [-0.1, -0.05) is 20.8 Å². The van der Waals surface area contributed by atoms with Crippen molar-refractivity contribution in [3.05, 3.63) is 31.6 Å². The number of esters is 2. The number of halogens is 6. The molecule has 2 rings (SSSR count). The van der Waals surface area contributed by atoms with Gasteiger partial charge in [-0.05, 0) is 18.1 Å². The average Bonchev–Trinajstić information content (AvgIpc) is 3.29. The first kappa shape index (κ1) is 30.8. The van der Waals surface area contributed by atoms with Gasteiger partial charge in [-0.15, -0.1) is 22.7 Å². The maximum atomic E-state index is 12.8. The van der Waals surface area contributed by atoms with Crippen molar-refractivity contribution in [2.45, 2.75) is 51.3 Å². The monoisotopic (exact) mass is 566 g/mol. The van der Waals surface area contributed by atoms with Gasteiger partial charge in [-0.3, -0.25) is 0 Å². The van der Waals surface area contributed by atoms with E-state index in [0.29, 0.717) is 17.4 Å². The minimum atomic E-state index is -4.56. The van der Waals surface area contributed by atoms with Gasteiger partial charge in [0.2, 0.25) is 0 Å². The Bertz CT molecular complexity index is 1050. The Hall–Kier alpha value is -2.26. The molecule has 35 heavy (non-hydrogen) atoms. The van der Waals surface area contributed by atoms with Crippen LogP contribution in [0, 0.1) is 0 Å². The Morgan fingerprint density at radius 1 is 0.829 bits per heavy atom. The highest BCUT2D eigenvalue weighted by molar-refractivity contribution is 7.14. The lowest BCUT2D eigenvalue weighted by atomic mass is 10.2. The topological polar surface area (TPSA) is 82.1 Å². The van der Waals surface area contributed by atoms with Crippen LogP contribution >= 0.6 is 22.7 Å². The Balaban J connectivity index is 0.000000379. The summed E-state index contributed by atoms with van der Waals surface area (Å²) in [7, 11) is -0.197. The number of aromatic hydroxyl groups is 1. The number of thiophene rings is 2. The fourth-order valence-electron chi connectivity index (χ4n) is 2.01. The molecule has 0 fully saturated rings. The van der Waals surface area contributed by atoms with Crippen molar-refractivity contribution in [3.8, 4) is 11.5 Å². The number of rotatable bonds is 4. The molecule has 0 amide bonds. The average molecular weight is 567 g/mol. The highest BCUT2D eigenvalue weighted by Gasteiger charge is 2.42. The number of alkyl halides is 6. The molecule has 0 aromatic carbocycles. The molecule has 0 atom stereocenters. The zero-order valence-electron chi connectivity index (χ0n) is 19.7. The van der Waals surface area contributed by atoms with Gasteiger partial charge in [-0.2, -0.15) is 26.3 Å². The molecule has 2 aromatic rings. The first-order valence-electron chi connectivity index (χ1n) is 9.62. The Morgan fingerprint density at radius 3 is 1.60 bits per heavy atom. The Kier molecular flexibility index (Phi) is 9.48. The van der Waals surface area contributed by atoms with Crippen LogP contribution in [0.1, 0.15) is 49.9 Å². The quantitative estimate of drug-likeness (QED) is 0.240. The summed E-state index contributed by atoms with van der Waals surface area (Å²) in [6, 6.07) is 1.38. The molecule has 15 heteroatoms. The van der Waals surface area contributed by atoms with E-state index in [4.69, 9.17) is 9.53 Å². The SMILES string of the molecule is COC(=O)c1sc(C(F)(F)F)cc1O.COC(=O)c1sc(C(F)(F)F)cc1O[Si](C)(C)C(C)(C)C. The lowest BCUT2D eigenvalue weighted by Crippen LogP contribution is -2.44. The van der Waals surface area contributed by atoms with E-state index in [1.165, 1.54) is 0 Å². The third-order valence-corrected chi connectivity index (χ3v) is 11.5. The Morgan fingerprint density at radius 2 is 1.23 bits per heavy atom. The summed E-state index contributed by atoms with van der Waals surface area (Å²) >= 11 is 0.498. The van der Waals surface area contributed by atoms with Crippen LogP contribution in [0.15, 0.2) is 12.1 Å². The van der Waals surface area contributed by atoms with E-state index in [0.717, 1.165) is 20.3 Å². The van der Waals surface area contributed by atoms with Crippen LogP contribution in [0.5, 0.6) is 11.5 Å². The fraction of sp³-hybridized carbons (Fsp3) is 0.500. The van der Waals surface area contributed by atoms with Gasteiger partial charge < -0.3 is 19.0 Å². The van der Waals surface area contributed by atoms with Crippen molar-refractivity contribution in [1.82, 2.24) is 0 Å². The molecule has 1 N–H and O–H groups in total. The van der Waals surface area contributed by atoms with Gasteiger partial charge in [-0.25, -0.2) is 9.59 Å². The zero-order chi connectivity index (χ0) is 27.6.